The highest BCUT2D eigenvalue weighted by molar-refractivity contribution is 5.59. The van der Waals surface area contributed by atoms with Gasteiger partial charge in [-0.2, -0.15) is 4.98 Å². The molecule has 2 aromatic carbocycles. The normalized spacial score (nSPS) is 10.8. The number of hydrogen-bond donors (Lipinski definition) is 2. The number of aromatic nitrogens is 3. The van der Waals surface area contributed by atoms with E-state index in [1.807, 2.05) is 42.6 Å². The number of benzene rings is 2. The summed E-state index contributed by atoms with van der Waals surface area (Å²) in [7, 11) is 2.07. The highest BCUT2D eigenvalue weighted by Crippen LogP contribution is 2.19. The molecule has 26 heavy (non-hydrogen) atoms. The number of nitrogens with two attached hydrogens (primary N) is 1. The van der Waals surface area contributed by atoms with Gasteiger partial charge in [0.25, 0.3) is 0 Å². The number of fused-ring (bicyclic) bond motifs is 1. The zero-order valence-electron chi connectivity index (χ0n) is 14.5. The van der Waals surface area contributed by atoms with E-state index < -0.39 is 0 Å². The Morgan fingerprint density at radius 3 is 2.54 bits per heavy atom. The van der Waals surface area contributed by atoms with Crippen molar-refractivity contribution >= 4 is 28.7 Å². The zero-order valence-corrected chi connectivity index (χ0v) is 14.5. The van der Waals surface area contributed by atoms with E-state index in [1.165, 1.54) is 5.56 Å². The molecule has 0 spiro atoms. The van der Waals surface area contributed by atoms with E-state index >= 15 is 0 Å². The van der Waals surface area contributed by atoms with E-state index in [0.717, 1.165) is 29.3 Å². The van der Waals surface area contributed by atoms with Gasteiger partial charge in [-0.05, 0) is 42.0 Å². The molecule has 0 bridgehead atoms. The van der Waals surface area contributed by atoms with Crippen LogP contribution in [0.5, 0.6) is 0 Å². The Balaban J connectivity index is 1.54. The molecule has 0 saturated heterocycles. The summed E-state index contributed by atoms with van der Waals surface area (Å²) < 4.78 is 1.79. The molecule has 0 aliphatic heterocycles. The fourth-order valence-corrected chi connectivity index (χ4v) is 2.80. The summed E-state index contributed by atoms with van der Waals surface area (Å²) in [6.07, 6.45) is 1.99. The summed E-state index contributed by atoms with van der Waals surface area (Å²) in [6, 6.07) is 21.9. The minimum Gasteiger partial charge on any atom is -0.399 e. The molecule has 0 atom stereocenters. The first-order valence-corrected chi connectivity index (χ1v) is 8.41. The van der Waals surface area contributed by atoms with Gasteiger partial charge in [0, 0.05) is 25.0 Å². The lowest BCUT2D eigenvalue weighted by Crippen LogP contribution is -2.16. The Hall–Kier alpha value is -3.54. The van der Waals surface area contributed by atoms with Crippen molar-refractivity contribution in [3.05, 3.63) is 78.5 Å². The van der Waals surface area contributed by atoms with E-state index in [-0.39, 0.29) is 0 Å². The van der Waals surface area contributed by atoms with Crippen molar-refractivity contribution < 1.29 is 0 Å². The summed E-state index contributed by atoms with van der Waals surface area (Å²) in [5, 5.41) is 7.71. The van der Waals surface area contributed by atoms with Crippen LogP contribution in [0, 0.1) is 0 Å². The largest absolute Gasteiger partial charge is 0.399 e. The summed E-state index contributed by atoms with van der Waals surface area (Å²) in [6.45, 7) is 0.831. The molecule has 0 fully saturated rings. The minimum atomic E-state index is 0.553. The van der Waals surface area contributed by atoms with E-state index in [2.05, 4.69) is 57.7 Å². The molecule has 3 N–H and O–H groups in total. The number of hydrogen-bond acceptors (Lipinski definition) is 5. The second kappa shape index (κ2) is 6.76. The van der Waals surface area contributed by atoms with E-state index in [1.54, 1.807) is 4.52 Å². The number of anilines is 4. The van der Waals surface area contributed by atoms with Crippen molar-refractivity contribution in [2.24, 2.45) is 0 Å². The average Bonchev–Trinajstić information content (AvgIpc) is 3.06. The third-order valence-corrected chi connectivity index (χ3v) is 4.19. The second-order valence-corrected chi connectivity index (χ2v) is 6.21. The number of nitrogens with zero attached hydrogens (tertiary/aromatic N) is 4. The molecule has 6 nitrogen and oxygen atoms in total. The van der Waals surface area contributed by atoms with Crippen molar-refractivity contribution in [1.29, 1.82) is 0 Å². The lowest BCUT2D eigenvalue weighted by molar-refractivity contribution is 0.895. The first kappa shape index (κ1) is 16.0. The van der Waals surface area contributed by atoms with Gasteiger partial charge in [-0.15, -0.1) is 5.10 Å². The lowest BCUT2D eigenvalue weighted by atomic mass is 10.2. The molecule has 0 unspecified atom stereocenters. The molecular formula is C20H20N6. The van der Waals surface area contributed by atoms with Crippen LogP contribution in [0.15, 0.2) is 72.9 Å². The van der Waals surface area contributed by atoms with Gasteiger partial charge in [0.15, 0.2) is 5.65 Å². The SMILES string of the molecule is CN(Cc1ccccc1)c1ccc2nc(Nc3ccc(N)cc3)nn2c1. The highest BCUT2D eigenvalue weighted by atomic mass is 15.3. The monoisotopic (exact) mass is 344 g/mol. The van der Waals surface area contributed by atoms with E-state index in [0.29, 0.717) is 5.95 Å². The van der Waals surface area contributed by atoms with Gasteiger partial charge in [-0.3, -0.25) is 0 Å². The molecule has 0 saturated carbocycles. The molecule has 2 aromatic heterocycles. The summed E-state index contributed by atoms with van der Waals surface area (Å²) in [5.74, 6) is 0.553. The van der Waals surface area contributed by atoms with Crippen LogP contribution in [0.1, 0.15) is 5.56 Å². The Morgan fingerprint density at radius 2 is 1.77 bits per heavy atom. The topological polar surface area (TPSA) is 71.5 Å². The van der Waals surface area contributed by atoms with Gasteiger partial charge in [0.1, 0.15) is 0 Å². The first-order valence-electron chi connectivity index (χ1n) is 8.41. The lowest BCUT2D eigenvalue weighted by Gasteiger charge is -2.19. The van der Waals surface area contributed by atoms with Crippen molar-refractivity contribution in [3.63, 3.8) is 0 Å². The van der Waals surface area contributed by atoms with Crippen molar-refractivity contribution in [3.8, 4) is 0 Å². The second-order valence-electron chi connectivity index (χ2n) is 6.21. The molecule has 4 rings (SSSR count). The van der Waals surface area contributed by atoms with Crippen LogP contribution in [0.4, 0.5) is 23.0 Å². The number of nitrogen functional groups attached to an aromatic ring is 1. The van der Waals surface area contributed by atoms with Crippen LogP contribution >= 0.6 is 0 Å². The van der Waals surface area contributed by atoms with Gasteiger partial charge >= 0.3 is 0 Å². The van der Waals surface area contributed by atoms with Crippen molar-refractivity contribution in [2.75, 3.05) is 23.0 Å². The van der Waals surface area contributed by atoms with Gasteiger partial charge in [-0.1, -0.05) is 30.3 Å². The van der Waals surface area contributed by atoms with Crippen LogP contribution in [0.2, 0.25) is 0 Å². The van der Waals surface area contributed by atoms with Crippen LogP contribution in [0.25, 0.3) is 5.65 Å². The minimum absolute atomic E-state index is 0.553. The molecule has 0 aliphatic rings. The third kappa shape index (κ3) is 3.44. The zero-order chi connectivity index (χ0) is 17.9. The van der Waals surface area contributed by atoms with Gasteiger partial charge in [-0.25, -0.2) is 4.52 Å². The van der Waals surface area contributed by atoms with Crippen molar-refractivity contribution in [2.45, 2.75) is 6.54 Å². The van der Waals surface area contributed by atoms with Gasteiger partial charge in [0.2, 0.25) is 5.95 Å². The maximum absolute atomic E-state index is 5.71. The summed E-state index contributed by atoms with van der Waals surface area (Å²) in [4.78, 5) is 6.69. The van der Waals surface area contributed by atoms with Gasteiger partial charge in [0.05, 0.1) is 11.9 Å². The quantitative estimate of drug-likeness (QED) is 0.540. The van der Waals surface area contributed by atoms with Crippen LogP contribution in [0.3, 0.4) is 0 Å². The smallest absolute Gasteiger partial charge is 0.247 e. The standard InChI is InChI=1S/C20H20N6/c1-25(13-15-5-3-2-4-6-15)18-11-12-19-23-20(24-26(19)14-18)22-17-9-7-16(21)8-10-17/h2-12,14H,13,21H2,1H3,(H,22,24). The molecule has 4 aromatic rings. The van der Waals surface area contributed by atoms with Crippen LogP contribution in [-0.2, 0) is 6.54 Å². The number of nitrogens with one attached hydrogen (secondary N) is 1. The van der Waals surface area contributed by atoms with Crippen molar-refractivity contribution in [1.82, 2.24) is 14.6 Å². The third-order valence-electron chi connectivity index (χ3n) is 4.19. The Labute approximate surface area is 151 Å². The molecule has 0 radical (unpaired) electrons. The maximum Gasteiger partial charge on any atom is 0.247 e. The van der Waals surface area contributed by atoms with E-state index in [9.17, 15) is 0 Å². The van der Waals surface area contributed by atoms with E-state index in [4.69, 9.17) is 5.73 Å². The summed E-state index contributed by atoms with van der Waals surface area (Å²) >= 11 is 0. The fourth-order valence-electron chi connectivity index (χ4n) is 2.80. The fraction of sp³-hybridized carbons (Fsp3) is 0.100. The molecular weight excluding hydrogens is 324 g/mol. The van der Waals surface area contributed by atoms with Gasteiger partial charge < -0.3 is 16.0 Å². The predicted octanol–water partition coefficient (Wildman–Crippen LogP) is 3.69. The maximum atomic E-state index is 5.71. The molecule has 0 amide bonds. The highest BCUT2D eigenvalue weighted by Gasteiger charge is 2.07. The average molecular weight is 344 g/mol. The first-order chi connectivity index (χ1) is 12.7. The molecule has 2 heterocycles. The molecule has 0 aliphatic carbocycles. The molecule has 130 valence electrons. The number of pyridine rings is 1. The Morgan fingerprint density at radius 1 is 1.00 bits per heavy atom. The summed E-state index contributed by atoms with van der Waals surface area (Å²) in [5.41, 5.74) is 10.5. The van der Waals surface area contributed by atoms with Crippen LogP contribution in [-0.4, -0.2) is 21.6 Å². The predicted molar refractivity (Wildman–Crippen MR) is 106 cm³/mol. The van der Waals surface area contributed by atoms with Crippen LogP contribution < -0.4 is 16.0 Å². The number of rotatable bonds is 5. The molecule has 6 heteroatoms. The Bertz CT molecular complexity index is 1010. The Kier molecular flexibility index (Phi) is 4.15.